The van der Waals surface area contributed by atoms with Crippen molar-refractivity contribution >= 4 is 0 Å². The summed E-state index contributed by atoms with van der Waals surface area (Å²) < 4.78 is 0. The van der Waals surface area contributed by atoms with Crippen LogP contribution in [0, 0.1) is 18.8 Å². The zero-order valence-corrected chi connectivity index (χ0v) is 15.1. The molecule has 22 heavy (non-hydrogen) atoms. The van der Waals surface area contributed by atoms with Crippen LogP contribution in [0.4, 0.5) is 0 Å². The van der Waals surface area contributed by atoms with Gasteiger partial charge in [0.2, 0.25) is 0 Å². The molecule has 0 radical (unpaired) electrons. The molecule has 2 aliphatic carbocycles. The predicted octanol–water partition coefficient (Wildman–Crippen LogP) is 5.98. The molecule has 2 unspecified atom stereocenters. The van der Waals surface area contributed by atoms with Gasteiger partial charge >= 0.3 is 0 Å². The summed E-state index contributed by atoms with van der Waals surface area (Å²) in [5.41, 5.74) is 2.96. The molecule has 2 saturated carbocycles. The average molecular weight is 302 g/mol. The standard InChI is InChI=1S/C16H25N.C5H10/c1-12-8-5-6-10-14(12)16(17(3)4)15-11-7-9-13(15)2;1-2-4-5-3-1/h5-6,8,10,13,15-16H,7,9,11H2,1-4H3;1-5H2/t13?,15?,16-;/m1./s1. The molecular formula is C21H35N. The van der Waals surface area contributed by atoms with Crippen molar-refractivity contribution in [3.05, 3.63) is 35.4 Å². The summed E-state index contributed by atoms with van der Waals surface area (Å²) in [6, 6.07) is 9.46. The molecule has 1 heteroatoms. The van der Waals surface area contributed by atoms with Gasteiger partial charge in [0.15, 0.2) is 0 Å². The average Bonchev–Trinajstić information content (AvgIpc) is 3.17. The summed E-state index contributed by atoms with van der Waals surface area (Å²) in [5, 5.41) is 0. The third-order valence-electron chi connectivity index (χ3n) is 5.65. The molecular weight excluding hydrogens is 266 g/mol. The van der Waals surface area contributed by atoms with Crippen molar-refractivity contribution in [2.24, 2.45) is 11.8 Å². The van der Waals surface area contributed by atoms with Gasteiger partial charge in [-0.15, -0.1) is 0 Å². The molecule has 0 heterocycles. The van der Waals surface area contributed by atoms with E-state index in [1.165, 1.54) is 62.5 Å². The SMILES string of the molecule is C1CCCC1.Cc1ccccc1[C@H](C1CCCC1C)N(C)C. The van der Waals surface area contributed by atoms with Crippen LogP contribution in [0.25, 0.3) is 0 Å². The summed E-state index contributed by atoms with van der Waals surface area (Å²) in [6.45, 7) is 4.66. The van der Waals surface area contributed by atoms with E-state index in [1.54, 1.807) is 0 Å². The van der Waals surface area contributed by atoms with Crippen molar-refractivity contribution in [2.75, 3.05) is 14.1 Å². The van der Waals surface area contributed by atoms with Gasteiger partial charge in [-0.2, -0.15) is 0 Å². The topological polar surface area (TPSA) is 3.24 Å². The Morgan fingerprint density at radius 3 is 1.95 bits per heavy atom. The van der Waals surface area contributed by atoms with Crippen LogP contribution in [0.3, 0.4) is 0 Å². The predicted molar refractivity (Wildman–Crippen MR) is 97.2 cm³/mol. The maximum absolute atomic E-state index is 2.42. The molecule has 0 aliphatic heterocycles. The minimum atomic E-state index is 0.591. The molecule has 1 aromatic rings. The Hall–Kier alpha value is -0.820. The fourth-order valence-electron chi connectivity index (χ4n) is 4.34. The van der Waals surface area contributed by atoms with Crippen LogP contribution in [0.15, 0.2) is 24.3 Å². The number of rotatable bonds is 3. The Bertz CT molecular complexity index is 426. The summed E-state index contributed by atoms with van der Waals surface area (Å²) in [6.07, 6.45) is 11.7. The first-order valence-electron chi connectivity index (χ1n) is 9.33. The molecule has 0 N–H and O–H groups in total. The Morgan fingerprint density at radius 2 is 1.50 bits per heavy atom. The fraction of sp³-hybridized carbons (Fsp3) is 0.714. The summed E-state index contributed by atoms with van der Waals surface area (Å²) in [5.74, 6) is 1.69. The number of nitrogens with zero attached hydrogens (tertiary/aromatic N) is 1. The quantitative estimate of drug-likeness (QED) is 0.663. The first kappa shape index (κ1) is 17.5. The minimum Gasteiger partial charge on any atom is -0.302 e. The minimum absolute atomic E-state index is 0.591. The summed E-state index contributed by atoms with van der Waals surface area (Å²) >= 11 is 0. The fourth-order valence-corrected chi connectivity index (χ4v) is 4.34. The van der Waals surface area contributed by atoms with Gasteiger partial charge in [-0.3, -0.25) is 0 Å². The normalized spacial score (nSPS) is 25.9. The van der Waals surface area contributed by atoms with Gasteiger partial charge in [0.05, 0.1) is 0 Å². The maximum atomic E-state index is 2.42. The molecule has 3 atom stereocenters. The highest BCUT2D eigenvalue weighted by Gasteiger charge is 2.33. The number of benzene rings is 1. The lowest BCUT2D eigenvalue weighted by Crippen LogP contribution is -2.29. The van der Waals surface area contributed by atoms with Crippen LogP contribution < -0.4 is 0 Å². The smallest absolute Gasteiger partial charge is 0.0375 e. The first-order chi connectivity index (χ1) is 10.6. The highest BCUT2D eigenvalue weighted by molar-refractivity contribution is 5.29. The van der Waals surface area contributed by atoms with Crippen molar-refractivity contribution in [3.8, 4) is 0 Å². The van der Waals surface area contributed by atoms with E-state index in [1.807, 2.05) is 0 Å². The summed E-state index contributed by atoms with van der Waals surface area (Å²) in [4.78, 5) is 2.41. The molecule has 2 aliphatic rings. The number of hydrogen-bond donors (Lipinski definition) is 0. The first-order valence-corrected chi connectivity index (χ1v) is 9.33. The van der Waals surface area contributed by atoms with Gasteiger partial charge in [-0.25, -0.2) is 0 Å². The molecule has 0 spiro atoms. The molecule has 1 aromatic carbocycles. The van der Waals surface area contributed by atoms with Gasteiger partial charge in [0.1, 0.15) is 0 Å². The van der Waals surface area contributed by atoms with E-state index in [0.717, 1.165) is 11.8 Å². The van der Waals surface area contributed by atoms with Crippen LogP contribution in [-0.4, -0.2) is 19.0 Å². The molecule has 0 aromatic heterocycles. The third kappa shape index (κ3) is 4.59. The van der Waals surface area contributed by atoms with E-state index in [4.69, 9.17) is 0 Å². The Labute approximate surface area is 138 Å². The van der Waals surface area contributed by atoms with Gasteiger partial charge < -0.3 is 4.90 Å². The highest BCUT2D eigenvalue weighted by Crippen LogP contribution is 2.42. The van der Waals surface area contributed by atoms with E-state index < -0.39 is 0 Å². The van der Waals surface area contributed by atoms with Crippen molar-refractivity contribution in [3.63, 3.8) is 0 Å². The van der Waals surface area contributed by atoms with E-state index in [0.29, 0.717) is 6.04 Å². The largest absolute Gasteiger partial charge is 0.302 e. The zero-order valence-electron chi connectivity index (χ0n) is 15.1. The molecule has 3 rings (SSSR count). The van der Waals surface area contributed by atoms with Gasteiger partial charge in [0.25, 0.3) is 0 Å². The molecule has 0 bridgehead atoms. The second kappa shape index (κ2) is 8.72. The Balaban J connectivity index is 0.000000299. The van der Waals surface area contributed by atoms with E-state index >= 15 is 0 Å². The monoisotopic (exact) mass is 301 g/mol. The van der Waals surface area contributed by atoms with Crippen LogP contribution >= 0.6 is 0 Å². The van der Waals surface area contributed by atoms with E-state index in [2.05, 4.69) is 57.1 Å². The lowest BCUT2D eigenvalue weighted by Gasteiger charge is -2.34. The van der Waals surface area contributed by atoms with Crippen molar-refractivity contribution in [1.29, 1.82) is 0 Å². The lowest BCUT2D eigenvalue weighted by molar-refractivity contribution is 0.182. The number of aryl methyl sites for hydroxylation is 1. The van der Waals surface area contributed by atoms with Crippen molar-refractivity contribution in [1.82, 2.24) is 4.90 Å². The van der Waals surface area contributed by atoms with E-state index in [9.17, 15) is 0 Å². The van der Waals surface area contributed by atoms with Gasteiger partial charge in [-0.1, -0.05) is 76.1 Å². The second-order valence-electron chi connectivity index (χ2n) is 7.60. The summed E-state index contributed by atoms with van der Waals surface area (Å²) in [7, 11) is 4.45. The second-order valence-corrected chi connectivity index (χ2v) is 7.60. The number of hydrogen-bond acceptors (Lipinski definition) is 1. The molecule has 0 amide bonds. The highest BCUT2D eigenvalue weighted by atomic mass is 15.1. The van der Waals surface area contributed by atoms with Gasteiger partial charge in [-0.05, 0) is 50.4 Å². The van der Waals surface area contributed by atoms with E-state index in [-0.39, 0.29) is 0 Å². The zero-order chi connectivity index (χ0) is 15.9. The third-order valence-corrected chi connectivity index (χ3v) is 5.65. The van der Waals surface area contributed by atoms with Gasteiger partial charge in [0, 0.05) is 6.04 Å². The Morgan fingerprint density at radius 1 is 0.909 bits per heavy atom. The van der Waals surface area contributed by atoms with Crippen molar-refractivity contribution < 1.29 is 0 Å². The Kier molecular flexibility index (Phi) is 6.95. The van der Waals surface area contributed by atoms with Crippen molar-refractivity contribution in [2.45, 2.75) is 71.3 Å². The lowest BCUT2D eigenvalue weighted by atomic mass is 9.83. The molecule has 0 saturated heterocycles. The van der Waals surface area contributed by atoms with Crippen LogP contribution in [-0.2, 0) is 0 Å². The maximum Gasteiger partial charge on any atom is 0.0375 e. The molecule has 2 fully saturated rings. The molecule has 124 valence electrons. The molecule has 1 nitrogen and oxygen atoms in total. The van der Waals surface area contributed by atoms with Crippen LogP contribution in [0.5, 0.6) is 0 Å². The van der Waals surface area contributed by atoms with Crippen LogP contribution in [0.2, 0.25) is 0 Å². The van der Waals surface area contributed by atoms with Crippen LogP contribution in [0.1, 0.15) is 75.5 Å².